The van der Waals surface area contributed by atoms with Crippen LogP contribution in [0.1, 0.15) is 6.92 Å². The molecule has 0 saturated heterocycles. The van der Waals surface area contributed by atoms with Gasteiger partial charge in [-0.15, -0.1) is 17.9 Å². The van der Waals surface area contributed by atoms with Gasteiger partial charge < -0.3 is 10.6 Å². The van der Waals surface area contributed by atoms with Crippen LogP contribution in [0.3, 0.4) is 0 Å². The smallest absolute Gasteiger partial charge is 0.221 e. The Morgan fingerprint density at radius 3 is 2.79 bits per heavy atom. The lowest BCUT2D eigenvalue weighted by atomic mass is 10.1. The first-order chi connectivity index (χ1) is 9.19. The standard InChI is InChI=1S/C14H15N3OS/c1-3-8-15-14-17-13(9-19-14)11-4-6-12(7-5-11)16-10(2)18/h3-7,9H,1,8H2,2H3,(H,15,17)(H,16,18). The molecular weight excluding hydrogens is 258 g/mol. The maximum absolute atomic E-state index is 10.9. The predicted octanol–water partition coefficient (Wildman–Crippen LogP) is 3.37. The van der Waals surface area contributed by atoms with Crippen LogP contribution >= 0.6 is 11.3 Å². The first-order valence-corrected chi connectivity index (χ1v) is 6.75. The van der Waals surface area contributed by atoms with Gasteiger partial charge in [-0.1, -0.05) is 18.2 Å². The molecule has 0 atom stereocenters. The number of hydrogen-bond donors (Lipinski definition) is 2. The zero-order chi connectivity index (χ0) is 13.7. The number of benzene rings is 1. The summed E-state index contributed by atoms with van der Waals surface area (Å²) < 4.78 is 0. The molecule has 1 aromatic heterocycles. The molecule has 98 valence electrons. The number of amides is 1. The van der Waals surface area contributed by atoms with Crippen molar-refractivity contribution in [2.45, 2.75) is 6.92 Å². The maximum atomic E-state index is 10.9. The average molecular weight is 273 g/mol. The lowest BCUT2D eigenvalue weighted by molar-refractivity contribution is -0.114. The number of hydrogen-bond acceptors (Lipinski definition) is 4. The lowest BCUT2D eigenvalue weighted by Gasteiger charge is -2.02. The monoisotopic (exact) mass is 273 g/mol. The van der Waals surface area contributed by atoms with E-state index in [1.54, 1.807) is 17.4 Å². The number of carbonyl (C=O) groups is 1. The van der Waals surface area contributed by atoms with Gasteiger partial charge in [0, 0.05) is 30.1 Å². The van der Waals surface area contributed by atoms with Gasteiger partial charge in [0.2, 0.25) is 5.91 Å². The zero-order valence-electron chi connectivity index (χ0n) is 10.6. The van der Waals surface area contributed by atoms with Gasteiger partial charge in [-0.2, -0.15) is 0 Å². The van der Waals surface area contributed by atoms with Crippen LogP contribution in [0, 0.1) is 0 Å². The van der Waals surface area contributed by atoms with Crippen molar-refractivity contribution in [3.8, 4) is 11.3 Å². The maximum Gasteiger partial charge on any atom is 0.221 e. The number of aromatic nitrogens is 1. The molecule has 19 heavy (non-hydrogen) atoms. The zero-order valence-corrected chi connectivity index (χ0v) is 11.5. The molecule has 2 rings (SSSR count). The summed E-state index contributed by atoms with van der Waals surface area (Å²) >= 11 is 1.56. The van der Waals surface area contributed by atoms with Gasteiger partial charge in [0.25, 0.3) is 0 Å². The highest BCUT2D eigenvalue weighted by Crippen LogP contribution is 2.25. The number of nitrogens with one attached hydrogen (secondary N) is 2. The van der Waals surface area contributed by atoms with Crippen molar-refractivity contribution in [2.24, 2.45) is 0 Å². The highest BCUT2D eigenvalue weighted by molar-refractivity contribution is 7.14. The van der Waals surface area contributed by atoms with Gasteiger partial charge in [-0.05, 0) is 12.1 Å². The fraction of sp³-hybridized carbons (Fsp3) is 0.143. The molecule has 0 unspecified atom stereocenters. The first-order valence-electron chi connectivity index (χ1n) is 5.87. The average Bonchev–Trinajstić information content (AvgIpc) is 2.85. The van der Waals surface area contributed by atoms with Crippen LogP contribution in [-0.2, 0) is 4.79 Å². The molecule has 0 radical (unpaired) electrons. The van der Waals surface area contributed by atoms with E-state index in [1.807, 2.05) is 29.6 Å². The van der Waals surface area contributed by atoms with E-state index < -0.39 is 0 Å². The highest BCUT2D eigenvalue weighted by Gasteiger charge is 2.04. The topological polar surface area (TPSA) is 54.0 Å². The molecule has 4 nitrogen and oxygen atoms in total. The van der Waals surface area contributed by atoms with Gasteiger partial charge in [-0.3, -0.25) is 4.79 Å². The van der Waals surface area contributed by atoms with E-state index in [1.165, 1.54) is 6.92 Å². The summed E-state index contributed by atoms with van der Waals surface area (Å²) in [5.41, 5.74) is 2.74. The fourth-order valence-electron chi connectivity index (χ4n) is 1.57. The van der Waals surface area contributed by atoms with Crippen LogP contribution in [0.15, 0.2) is 42.3 Å². The van der Waals surface area contributed by atoms with Crippen LogP contribution in [0.25, 0.3) is 11.3 Å². The second kappa shape index (κ2) is 6.15. The van der Waals surface area contributed by atoms with E-state index in [0.717, 1.165) is 22.1 Å². The highest BCUT2D eigenvalue weighted by atomic mass is 32.1. The third-order valence-electron chi connectivity index (χ3n) is 2.40. The van der Waals surface area contributed by atoms with Crippen molar-refractivity contribution in [2.75, 3.05) is 17.2 Å². The van der Waals surface area contributed by atoms with Gasteiger partial charge in [0.1, 0.15) is 0 Å². The van der Waals surface area contributed by atoms with Crippen LogP contribution in [-0.4, -0.2) is 17.4 Å². The van der Waals surface area contributed by atoms with Gasteiger partial charge in [0.15, 0.2) is 5.13 Å². The van der Waals surface area contributed by atoms with Crippen molar-refractivity contribution >= 4 is 28.1 Å². The summed E-state index contributed by atoms with van der Waals surface area (Å²) in [7, 11) is 0. The van der Waals surface area contributed by atoms with E-state index in [9.17, 15) is 4.79 Å². The largest absolute Gasteiger partial charge is 0.358 e. The van der Waals surface area contributed by atoms with Crippen LogP contribution in [0.5, 0.6) is 0 Å². The molecule has 1 amide bonds. The van der Waals surface area contributed by atoms with Gasteiger partial charge in [-0.25, -0.2) is 4.98 Å². The Kier molecular flexibility index (Phi) is 4.30. The van der Waals surface area contributed by atoms with Crippen LogP contribution < -0.4 is 10.6 Å². The first kappa shape index (κ1) is 13.3. The molecule has 1 heterocycles. The molecule has 0 bridgehead atoms. The Morgan fingerprint density at radius 1 is 1.42 bits per heavy atom. The minimum atomic E-state index is -0.0719. The van der Waals surface area contributed by atoms with Crippen molar-refractivity contribution in [3.05, 3.63) is 42.3 Å². The Bertz CT molecular complexity index is 575. The van der Waals surface area contributed by atoms with Crippen molar-refractivity contribution < 1.29 is 4.79 Å². The molecule has 0 aliphatic rings. The van der Waals surface area contributed by atoms with E-state index in [0.29, 0.717) is 6.54 Å². The van der Waals surface area contributed by atoms with Gasteiger partial charge >= 0.3 is 0 Å². The minimum Gasteiger partial charge on any atom is -0.358 e. The predicted molar refractivity (Wildman–Crippen MR) is 80.5 cm³/mol. The number of rotatable bonds is 5. The lowest BCUT2D eigenvalue weighted by Crippen LogP contribution is -2.05. The number of nitrogens with zero attached hydrogens (tertiary/aromatic N) is 1. The number of carbonyl (C=O) groups excluding carboxylic acids is 1. The van der Waals surface area contributed by atoms with Crippen molar-refractivity contribution in [1.29, 1.82) is 0 Å². The molecule has 0 aliphatic heterocycles. The number of thiazole rings is 1. The van der Waals surface area contributed by atoms with Crippen LogP contribution in [0.2, 0.25) is 0 Å². The summed E-state index contributed by atoms with van der Waals surface area (Å²) in [4.78, 5) is 15.4. The summed E-state index contributed by atoms with van der Waals surface area (Å²) in [6.45, 7) is 5.85. The van der Waals surface area contributed by atoms with E-state index in [-0.39, 0.29) is 5.91 Å². The van der Waals surface area contributed by atoms with E-state index in [2.05, 4.69) is 22.2 Å². The molecule has 5 heteroatoms. The molecule has 1 aromatic carbocycles. The second-order valence-corrected chi connectivity index (χ2v) is 4.82. The third kappa shape index (κ3) is 3.66. The minimum absolute atomic E-state index is 0.0719. The summed E-state index contributed by atoms with van der Waals surface area (Å²) in [6, 6.07) is 7.62. The fourth-order valence-corrected chi connectivity index (χ4v) is 2.30. The summed E-state index contributed by atoms with van der Waals surface area (Å²) in [5.74, 6) is -0.0719. The molecule has 2 N–H and O–H groups in total. The molecular formula is C14H15N3OS. The second-order valence-electron chi connectivity index (χ2n) is 3.97. The molecule has 0 spiro atoms. The normalized spacial score (nSPS) is 9.95. The summed E-state index contributed by atoms with van der Waals surface area (Å²) in [6.07, 6.45) is 1.79. The van der Waals surface area contributed by atoms with Crippen molar-refractivity contribution in [1.82, 2.24) is 4.98 Å². The molecule has 0 saturated carbocycles. The third-order valence-corrected chi connectivity index (χ3v) is 3.20. The number of anilines is 2. The molecule has 0 aliphatic carbocycles. The van der Waals surface area contributed by atoms with Gasteiger partial charge in [0.05, 0.1) is 5.69 Å². The quantitative estimate of drug-likeness (QED) is 0.821. The molecule has 0 fully saturated rings. The Hall–Kier alpha value is -2.14. The SMILES string of the molecule is C=CCNc1nc(-c2ccc(NC(C)=O)cc2)cs1. The van der Waals surface area contributed by atoms with Crippen molar-refractivity contribution in [3.63, 3.8) is 0 Å². The Morgan fingerprint density at radius 2 is 2.16 bits per heavy atom. The van der Waals surface area contributed by atoms with E-state index >= 15 is 0 Å². The summed E-state index contributed by atoms with van der Waals surface area (Å²) in [5, 5.41) is 8.77. The Labute approximate surface area is 116 Å². The molecule has 2 aromatic rings. The van der Waals surface area contributed by atoms with E-state index in [4.69, 9.17) is 0 Å². The van der Waals surface area contributed by atoms with Crippen LogP contribution in [0.4, 0.5) is 10.8 Å². The Balaban J connectivity index is 2.10.